The van der Waals surface area contributed by atoms with Crippen molar-refractivity contribution in [3.8, 4) is 5.88 Å². The van der Waals surface area contributed by atoms with E-state index in [1.165, 1.54) is 43.9 Å². The number of aromatic nitrogens is 1. The van der Waals surface area contributed by atoms with Gasteiger partial charge in [0, 0.05) is 11.3 Å². The summed E-state index contributed by atoms with van der Waals surface area (Å²) in [4.78, 5) is 28.1. The second-order valence-corrected chi connectivity index (χ2v) is 11.6. The lowest BCUT2D eigenvalue weighted by Gasteiger charge is -2.54. The maximum Gasteiger partial charge on any atom is 0.291 e. The molecule has 4 aliphatic carbocycles. The highest BCUT2D eigenvalue weighted by atomic mass is 32.2. The van der Waals surface area contributed by atoms with Gasteiger partial charge in [0.05, 0.1) is 0 Å². The molecule has 8 heteroatoms. The molecule has 7 nitrogen and oxygen atoms in total. The standard InChI is InChI=1S/C22H31N3O4S/c1-12(2)30-19-18(29-25-21(19)28-10-22(3,4)23-11-26)20(27)24-17-15-6-13-5-14(8-15)9-16(17)7-13/h12-17H,5-10H2,1-4H3,(H,24,27). The van der Waals surface area contributed by atoms with Crippen LogP contribution in [-0.2, 0) is 4.79 Å². The number of hydrogen-bond donors (Lipinski definition) is 1. The topological polar surface area (TPSA) is 93.8 Å². The Hall–Kier alpha value is -1.79. The Morgan fingerprint density at radius 1 is 1.27 bits per heavy atom. The number of amides is 1. The van der Waals surface area contributed by atoms with Crippen LogP contribution in [0.3, 0.4) is 0 Å². The molecular weight excluding hydrogens is 402 g/mol. The lowest BCUT2D eigenvalue weighted by atomic mass is 9.54. The maximum absolute atomic E-state index is 13.2. The average molecular weight is 434 g/mol. The van der Waals surface area contributed by atoms with Crippen molar-refractivity contribution in [1.29, 1.82) is 0 Å². The number of carbonyl (C=O) groups is 1. The molecule has 0 saturated heterocycles. The Morgan fingerprint density at radius 3 is 2.47 bits per heavy atom. The SMILES string of the molecule is CC(C)Sc1c(OCC(C)(C)N=C=O)noc1C(=O)NC1C2CC3CC(C2)CC1C3. The number of nitrogens with zero attached hydrogens (tertiary/aromatic N) is 2. The molecular formula is C22H31N3O4S. The number of isocyanates is 1. The predicted octanol–water partition coefficient (Wildman–Crippen LogP) is 4.22. The van der Waals surface area contributed by atoms with Crippen molar-refractivity contribution in [2.24, 2.45) is 28.7 Å². The summed E-state index contributed by atoms with van der Waals surface area (Å²) in [5, 5.41) is 7.53. The van der Waals surface area contributed by atoms with E-state index in [-0.39, 0.29) is 35.4 Å². The number of thioether (sulfide) groups is 1. The summed E-state index contributed by atoms with van der Waals surface area (Å²) in [5.41, 5.74) is -0.733. The van der Waals surface area contributed by atoms with E-state index in [0.717, 1.165) is 11.8 Å². The molecule has 0 atom stereocenters. The minimum atomic E-state index is -0.733. The van der Waals surface area contributed by atoms with Crippen LogP contribution in [0.5, 0.6) is 5.88 Å². The van der Waals surface area contributed by atoms with E-state index >= 15 is 0 Å². The molecule has 1 aromatic heterocycles. The summed E-state index contributed by atoms with van der Waals surface area (Å²) in [5.74, 6) is 3.18. The number of hydrogen-bond acceptors (Lipinski definition) is 7. The van der Waals surface area contributed by atoms with Crippen LogP contribution in [0.2, 0.25) is 0 Å². The van der Waals surface area contributed by atoms with E-state index < -0.39 is 5.54 Å². The Balaban J connectivity index is 1.49. The lowest BCUT2D eigenvalue weighted by molar-refractivity contribution is -0.0124. The molecule has 0 spiro atoms. The summed E-state index contributed by atoms with van der Waals surface area (Å²) in [7, 11) is 0. The highest BCUT2D eigenvalue weighted by Gasteiger charge is 2.49. The molecule has 0 unspecified atom stereocenters. The molecule has 0 aromatic carbocycles. The zero-order chi connectivity index (χ0) is 21.5. The van der Waals surface area contributed by atoms with Crippen molar-refractivity contribution >= 4 is 23.7 Å². The molecule has 4 bridgehead atoms. The summed E-state index contributed by atoms with van der Waals surface area (Å²) in [6.45, 7) is 7.76. The normalized spacial score (nSPS) is 29.7. The van der Waals surface area contributed by atoms with Crippen molar-refractivity contribution < 1.29 is 18.8 Å². The van der Waals surface area contributed by atoms with Crippen LogP contribution in [0, 0.1) is 23.7 Å². The molecule has 0 radical (unpaired) electrons. The van der Waals surface area contributed by atoms with Crippen LogP contribution in [0.1, 0.15) is 70.4 Å². The number of ether oxygens (including phenoxy) is 1. The van der Waals surface area contributed by atoms with Gasteiger partial charge in [0.25, 0.3) is 11.8 Å². The predicted molar refractivity (Wildman–Crippen MR) is 113 cm³/mol. The van der Waals surface area contributed by atoms with Gasteiger partial charge < -0.3 is 14.6 Å². The Kier molecular flexibility index (Phi) is 5.99. The molecule has 1 N–H and O–H groups in total. The zero-order valence-corrected chi connectivity index (χ0v) is 19.0. The first-order valence-electron chi connectivity index (χ1n) is 10.9. The third kappa shape index (κ3) is 4.45. The second-order valence-electron chi connectivity index (χ2n) is 10.0. The monoisotopic (exact) mass is 433 g/mol. The largest absolute Gasteiger partial charge is 0.472 e. The summed E-state index contributed by atoms with van der Waals surface area (Å²) in [6.07, 6.45) is 7.91. The first kappa shape index (κ1) is 21.4. The van der Waals surface area contributed by atoms with Crippen LogP contribution >= 0.6 is 11.8 Å². The van der Waals surface area contributed by atoms with Crippen LogP contribution in [0.25, 0.3) is 0 Å². The molecule has 1 heterocycles. The fourth-order valence-corrected chi connectivity index (χ4v) is 6.53. The van der Waals surface area contributed by atoms with Crippen molar-refractivity contribution in [1.82, 2.24) is 10.5 Å². The van der Waals surface area contributed by atoms with Crippen molar-refractivity contribution in [3.05, 3.63) is 5.76 Å². The van der Waals surface area contributed by atoms with Gasteiger partial charge in [-0.05, 0) is 74.8 Å². The molecule has 4 aliphatic rings. The van der Waals surface area contributed by atoms with Gasteiger partial charge in [-0.15, -0.1) is 11.8 Å². The second kappa shape index (κ2) is 8.39. The zero-order valence-electron chi connectivity index (χ0n) is 18.1. The molecule has 4 saturated carbocycles. The van der Waals surface area contributed by atoms with Crippen molar-refractivity contribution in [3.63, 3.8) is 0 Å². The van der Waals surface area contributed by atoms with Gasteiger partial charge in [-0.3, -0.25) is 4.79 Å². The maximum atomic E-state index is 13.2. The van der Waals surface area contributed by atoms with Gasteiger partial charge in [0.15, 0.2) is 0 Å². The van der Waals surface area contributed by atoms with Gasteiger partial charge in [0.2, 0.25) is 11.8 Å². The van der Waals surface area contributed by atoms with Crippen molar-refractivity contribution in [2.75, 3.05) is 6.61 Å². The summed E-state index contributed by atoms with van der Waals surface area (Å²) < 4.78 is 11.3. The Morgan fingerprint density at radius 2 is 1.90 bits per heavy atom. The van der Waals surface area contributed by atoms with E-state index in [1.807, 2.05) is 13.8 Å². The third-order valence-electron chi connectivity index (χ3n) is 6.62. The molecule has 30 heavy (non-hydrogen) atoms. The van der Waals surface area contributed by atoms with Crippen LogP contribution in [0.15, 0.2) is 14.4 Å². The molecule has 4 fully saturated rings. The third-order valence-corrected chi connectivity index (χ3v) is 7.68. The van der Waals surface area contributed by atoms with Gasteiger partial charge in [0.1, 0.15) is 17.0 Å². The van der Waals surface area contributed by atoms with Gasteiger partial charge >= 0.3 is 0 Å². The molecule has 1 aromatic rings. The minimum absolute atomic E-state index is 0.136. The molecule has 1 amide bonds. The minimum Gasteiger partial charge on any atom is -0.472 e. The fraction of sp³-hybridized carbons (Fsp3) is 0.773. The number of carbonyl (C=O) groups excluding carboxylic acids is 2. The molecule has 164 valence electrons. The smallest absolute Gasteiger partial charge is 0.291 e. The number of rotatable bonds is 8. The van der Waals surface area contributed by atoms with Crippen molar-refractivity contribution in [2.45, 2.75) is 81.5 Å². The fourth-order valence-electron chi connectivity index (χ4n) is 5.62. The lowest BCUT2D eigenvalue weighted by Crippen LogP contribution is -2.55. The van der Waals surface area contributed by atoms with Gasteiger partial charge in [-0.25, -0.2) is 4.79 Å². The van der Waals surface area contributed by atoms with E-state index in [9.17, 15) is 9.59 Å². The van der Waals surface area contributed by atoms with E-state index in [2.05, 4.69) is 15.5 Å². The van der Waals surface area contributed by atoms with E-state index in [1.54, 1.807) is 19.9 Å². The first-order valence-corrected chi connectivity index (χ1v) is 11.8. The number of nitrogens with one attached hydrogen (secondary N) is 1. The Bertz CT molecular complexity index is 815. The highest BCUT2D eigenvalue weighted by Crippen LogP contribution is 2.53. The van der Waals surface area contributed by atoms with Crippen LogP contribution in [-0.4, -0.2) is 40.6 Å². The average Bonchev–Trinajstić information content (AvgIpc) is 3.04. The van der Waals surface area contributed by atoms with Crippen LogP contribution in [0.4, 0.5) is 0 Å². The summed E-state index contributed by atoms with van der Waals surface area (Å²) >= 11 is 1.49. The van der Waals surface area contributed by atoms with E-state index in [4.69, 9.17) is 9.26 Å². The molecule has 0 aliphatic heterocycles. The van der Waals surface area contributed by atoms with Crippen LogP contribution < -0.4 is 10.1 Å². The highest BCUT2D eigenvalue weighted by molar-refractivity contribution is 8.00. The number of aliphatic imine (C=N–C) groups is 1. The Labute approximate surface area is 181 Å². The quantitative estimate of drug-likeness (QED) is 0.375. The van der Waals surface area contributed by atoms with E-state index in [0.29, 0.717) is 16.7 Å². The van der Waals surface area contributed by atoms with Gasteiger partial charge in [-0.2, -0.15) is 4.99 Å². The summed E-state index contributed by atoms with van der Waals surface area (Å²) in [6, 6.07) is 0.234. The molecule has 5 rings (SSSR count). The van der Waals surface area contributed by atoms with Gasteiger partial charge in [-0.1, -0.05) is 13.8 Å². The first-order chi connectivity index (χ1) is 14.3.